The number of hydrogen-bond acceptors (Lipinski definition) is 15. The molecular weight excluding hydrogens is 1180 g/mol. The van der Waals surface area contributed by atoms with E-state index in [0.29, 0.717) is 98.7 Å². The van der Waals surface area contributed by atoms with Crippen molar-refractivity contribution in [2.75, 3.05) is 98.7 Å². The standard InChI is InChI=1S/C32H44N6O4.C16H23N3O2.6ClH.3Mn/c1-21-19-35-25(5)31-17-27(15-29(37-31)23(3)33-7-9-39-11-13-41-21)28-16-30-24(4)34-8-10-40-12-14-42-22(2)20-36-26(6)32(18-28)38-30;1-12-11-18-14(3)16-6-4-5-15(19-16)13(2)17-7-8-20-9-10-21-12;;;;;;;;;/h15-18,21-22H,7-14,19-20H2,1-6H3;4-6,12H,7-11H2,1-3H3;6*1H;;;/q;;;;;;;;3*+2/p-6. The zero-order valence-corrected chi connectivity index (χ0v) is 50.3. The molecule has 3 aromatic rings. The van der Waals surface area contributed by atoms with Gasteiger partial charge in [0, 0.05) is 0 Å². The zero-order valence-electron chi connectivity index (χ0n) is 42.3. The molecule has 3 aliphatic heterocycles. The Kier molecular flexibility index (Phi) is 48.1. The first-order valence-electron chi connectivity index (χ1n) is 22.1. The van der Waals surface area contributed by atoms with Gasteiger partial charge in [0.05, 0.1) is 185 Å². The van der Waals surface area contributed by atoms with Crippen LogP contribution in [0.2, 0.25) is 0 Å². The van der Waals surface area contributed by atoms with E-state index in [2.05, 4.69) is 39.2 Å². The molecule has 3 aliphatic rings. The number of halogens is 6. The zero-order chi connectivity index (χ0) is 45.0. The normalized spacial score (nSPS) is 19.3. The first-order valence-corrected chi connectivity index (χ1v) is 22.1. The number of nitrogens with zero attached hydrogens (tertiary/aromatic N) is 9. The van der Waals surface area contributed by atoms with Gasteiger partial charge in [-0.3, -0.25) is 30.0 Å². The van der Waals surface area contributed by atoms with Gasteiger partial charge < -0.3 is 103 Å². The summed E-state index contributed by atoms with van der Waals surface area (Å²) in [5.41, 5.74) is 12.2. The van der Waals surface area contributed by atoms with E-state index in [1.54, 1.807) is 0 Å². The molecule has 6 heterocycles. The average Bonchev–Trinajstić information content (AvgIpc) is 3.30. The van der Waals surface area contributed by atoms with Crippen LogP contribution in [0.25, 0.3) is 11.1 Å². The second kappa shape index (κ2) is 43.6. The molecule has 15 nitrogen and oxygen atoms in total. The Morgan fingerprint density at radius 1 is 0.347 bits per heavy atom. The Bertz CT molecular complexity index is 2080. The smallest absolute Gasteiger partial charge is 1.00 e. The van der Waals surface area contributed by atoms with E-state index in [4.69, 9.17) is 58.4 Å². The number of ether oxygens (including phenoxy) is 6. The van der Waals surface area contributed by atoms with Crippen LogP contribution in [-0.4, -0.2) is 166 Å². The van der Waals surface area contributed by atoms with Crippen molar-refractivity contribution < 1.29 is 154 Å². The Morgan fingerprint density at radius 3 is 0.903 bits per heavy atom. The summed E-state index contributed by atoms with van der Waals surface area (Å²) in [5.74, 6) is 0. The molecule has 3 radical (unpaired) electrons. The molecule has 0 fully saturated rings. The maximum Gasteiger partial charge on any atom is 2.00 e. The summed E-state index contributed by atoms with van der Waals surface area (Å²) < 4.78 is 34.2. The van der Waals surface area contributed by atoms with E-state index in [0.717, 1.165) is 79.6 Å². The number of aromatic nitrogens is 3. The second-order valence-electron chi connectivity index (χ2n) is 15.7. The summed E-state index contributed by atoms with van der Waals surface area (Å²) in [5, 5.41) is 0. The minimum Gasteiger partial charge on any atom is -1.00 e. The monoisotopic (exact) mass is 1240 g/mol. The maximum atomic E-state index is 5.85. The molecule has 0 aliphatic carbocycles. The molecule has 0 amide bonds. The number of hydrogen-bond donors (Lipinski definition) is 0. The third-order valence-electron chi connectivity index (χ3n) is 10.4. The quantitative estimate of drug-likeness (QED) is 0.215. The van der Waals surface area contributed by atoms with Gasteiger partial charge in [0.2, 0.25) is 0 Å². The summed E-state index contributed by atoms with van der Waals surface area (Å²) in [6.07, 6.45) is 0.0365. The fourth-order valence-corrected chi connectivity index (χ4v) is 6.48. The molecule has 72 heavy (non-hydrogen) atoms. The van der Waals surface area contributed by atoms with Crippen LogP contribution in [0.15, 0.2) is 72.4 Å². The number of rotatable bonds is 1. The van der Waals surface area contributed by atoms with Crippen LogP contribution in [0.1, 0.15) is 96.5 Å². The van der Waals surface area contributed by atoms with Gasteiger partial charge in [0.25, 0.3) is 0 Å². The van der Waals surface area contributed by atoms with Crippen molar-refractivity contribution >= 4 is 34.3 Å². The molecular formula is C48H67Cl6Mn3N9O6. The van der Waals surface area contributed by atoms with Crippen molar-refractivity contribution in [3.8, 4) is 11.1 Å². The Hall–Kier alpha value is -1.47. The van der Waals surface area contributed by atoms with Crippen LogP contribution >= 0.6 is 0 Å². The Labute approximate surface area is 496 Å². The molecule has 3 atom stereocenters. The molecule has 403 valence electrons. The molecule has 3 aromatic heterocycles. The van der Waals surface area contributed by atoms with Crippen molar-refractivity contribution in [2.45, 2.75) is 80.6 Å². The second-order valence-corrected chi connectivity index (χ2v) is 15.7. The van der Waals surface area contributed by atoms with Gasteiger partial charge in [0.1, 0.15) is 0 Å². The van der Waals surface area contributed by atoms with Crippen LogP contribution in [0, 0.1) is 0 Å². The molecule has 6 bridgehead atoms. The average molecular weight is 1240 g/mol. The molecule has 0 saturated heterocycles. The Balaban J connectivity index is -0.000000431. The van der Waals surface area contributed by atoms with Gasteiger partial charge in [-0.15, -0.1) is 0 Å². The van der Waals surface area contributed by atoms with E-state index in [9.17, 15) is 0 Å². The van der Waals surface area contributed by atoms with Gasteiger partial charge in [0.15, 0.2) is 0 Å². The maximum absolute atomic E-state index is 5.85. The summed E-state index contributed by atoms with van der Waals surface area (Å²) in [6.45, 7) is 26.4. The summed E-state index contributed by atoms with van der Waals surface area (Å²) in [7, 11) is 0. The molecule has 3 unspecified atom stereocenters. The first kappa shape index (κ1) is 79.4. The molecule has 0 aromatic carbocycles. The third-order valence-corrected chi connectivity index (χ3v) is 10.4. The van der Waals surface area contributed by atoms with Gasteiger partial charge in [-0.1, -0.05) is 6.07 Å². The van der Waals surface area contributed by atoms with Crippen molar-refractivity contribution in [1.29, 1.82) is 0 Å². The van der Waals surface area contributed by atoms with E-state index in [-0.39, 0.29) is 144 Å². The van der Waals surface area contributed by atoms with Gasteiger partial charge in [-0.25, -0.2) is 15.0 Å². The summed E-state index contributed by atoms with van der Waals surface area (Å²) in [4.78, 5) is 42.7. The number of pyridine rings is 3. The van der Waals surface area contributed by atoms with Crippen LogP contribution in [0.4, 0.5) is 0 Å². The molecule has 0 saturated carbocycles. The van der Waals surface area contributed by atoms with Crippen LogP contribution < -0.4 is 74.4 Å². The van der Waals surface area contributed by atoms with Crippen molar-refractivity contribution in [3.05, 3.63) is 76.6 Å². The van der Waals surface area contributed by atoms with Crippen LogP contribution in [0.3, 0.4) is 0 Å². The topological polar surface area (TPSA) is 168 Å². The predicted molar refractivity (Wildman–Crippen MR) is 253 cm³/mol. The fraction of sp³-hybridized carbons (Fsp3) is 0.562. The van der Waals surface area contributed by atoms with Gasteiger partial charge >= 0.3 is 51.2 Å². The third kappa shape index (κ3) is 28.1. The molecule has 24 heteroatoms. The largest absolute Gasteiger partial charge is 2.00 e. The van der Waals surface area contributed by atoms with Gasteiger partial charge in [-0.2, -0.15) is 0 Å². The first-order chi connectivity index (χ1) is 30.5. The SMILES string of the molecule is CC1=NCCOCCOC(C)CN=C(C)c2cc(-c3cc4nc(c3)C(C)=NCC(C)OCCOCCN=C4C)cc1n2.CC1=NCCOCCOC(C)CN=C(C)c2cccc1n2.[Cl-].[Cl-].[Cl-].[Cl-].[Cl-].[Cl-].[Mn+2].[Mn+2].[Mn+2]. The minimum absolute atomic E-state index is 0. The van der Waals surface area contributed by atoms with Crippen molar-refractivity contribution in [3.63, 3.8) is 0 Å². The van der Waals surface area contributed by atoms with E-state index >= 15 is 0 Å². The minimum atomic E-state index is -0.0210. The molecule has 6 rings (SSSR count). The molecule has 0 spiro atoms. The van der Waals surface area contributed by atoms with E-state index in [1.807, 2.05) is 80.5 Å². The van der Waals surface area contributed by atoms with Crippen molar-refractivity contribution in [2.24, 2.45) is 30.0 Å². The number of aliphatic imine (C=N–C) groups is 6. The Morgan fingerprint density at radius 2 is 0.597 bits per heavy atom. The number of fused-ring (bicyclic) bond motifs is 6. The fourth-order valence-electron chi connectivity index (χ4n) is 6.48. The van der Waals surface area contributed by atoms with Crippen LogP contribution in [-0.2, 0) is 79.6 Å². The van der Waals surface area contributed by atoms with Gasteiger partial charge in [-0.05, 0) is 110 Å². The van der Waals surface area contributed by atoms with Crippen molar-refractivity contribution in [1.82, 2.24) is 15.0 Å². The predicted octanol–water partition coefficient (Wildman–Crippen LogP) is -11.6. The summed E-state index contributed by atoms with van der Waals surface area (Å²) in [6, 6.07) is 14.3. The van der Waals surface area contributed by atoms with E-state index < -0.39 is 0 Å². The van der Waals surface area contributed by atoms with Crippen LogP contribution in [0.5, 0.6) is 0 Å². The van der Waals surface area contributed by atoms with E-state index in [1.165, 1.54) is 0 Å². The summed E-state index contributed by atoms with van der Waals surface area (Å²) >= 11 is 0. The molecule has 0 N–H and O–H groups in total.